The lowest BCUT2D eigenvalue weighted by atomic mass is 10.1. The number of carbonyl (C=O) groups is 2. The number of anilines is 1. The fraction of sp³-hybridized carbons (Fsp3) is 0.440. The highest BCUT2D eigenvalue weighted by molar-refractivity contribution is 6.00. The van der Waals surface area contributed by atoms with Crippen molar-refractivity contribution in [3.63, 3.8) is 0 Å². The van der Waals surface area contributed by atoms with Gasteiger partial charge in [0.25, 0.3) is 5.91 Å². The number of primary amides is 1. The van der Waals surface area contributed by atoms with Crippen molar-refractivity contribution in [2.45, 2.75) is 6.04 Å². The molecule has 2 aliphatic heterocycles. The van der Waals surface area contributed by atoms with Crippen LogP contribution in [0.2, 0.25) is 0 Å². The highest BCUT2D eigenvalue weighted by atomic mass is 16.5. The Hall–Kier alpha value is -3.30. The summed E-state index contributed by atoms with van der Waals surface area (Å²) < 4.78 is 16.6. The number of morpholine rings is 1. The Morgan fingerprint density at radius 3 is 2.47 bits per heavy atom. The molecule has 2 N–H and O–H groups in total. The second-order valence-corrected chi connectivity index (χ2v) is 8.36. The van der Waals surface area contributed by atoms with Crippen LogP contribution in [0.25, 0.3) is 0 Å². The molecule has 0 radical (unpaired) electrons. The molecule has 34 heavy (non-hydrogen) atoms. The topological polar surface area (TPSA) is 97.6 Å². The number of ether oxygens (including phenoxy) is 3. The number of benzene rings is 2. The number of methoxy groups -OCH3 is 1. The molecule has 0 saturated carbocycles. The average molecular weight is 469 g/mol. The molecular formula is C25H32N4O5. The van der Waals surface area contributed by atoms with E-state index in [1.165, 1.54) is 0 Å². The van der Waals surface area contributed by atoms with E-state index in [0.717, 1.165) is 44.3 Å². The Morgan fingerprint density at radius 2 is 1.76 bits per heavy atom. The highest BCUT2D eigenvalue weighted by Gasteiger charge is 2.35. The summed E-state index contributed by atoms with van der Waals surface area (Å²) in [5, 5.41) is 0. The Balaban J connectivity index is 1.43. The van der Waals surface area contributed by atoms with E-state index < -0.39 is 11.9 Å². The van der Waals surface area contributed by atoms with Crippen molar-refractivity contribution >= 4 is 17.5 Å². The van der Waals surface area contributed by atoms with Crippen molar-refractivity contribution in [1.82, 2.24) is 9.80 Å². The molecule has 2 fully saturated rings. The molecule has 0 bridgehead atoms. The van der Waals surface area contributed by atoms with Crippen LogP contribution in [0.3, 0.4) is 0 Å². The van der Waals surface area contributed by atoms with Gasteiger partial charge in [-0.25, -0.2) is 0 Å². The number of nitrogens with zero attached hydrogens (tertiary/aromatic N) is 3. The summed E-state index contributed by atoms with van der Waals surface area (Å²) in [5.74, 6) is 0.494. The van der Waals surface area contributed by atoms with E-state index >= 15 is 0 Å². The molecule has 2 amide bonds. The first kappa shape index (κ1) is 23.8. The predicted octanol–water partition coefficient (Wildman–Crippen LogP) is 1.22. The number of carbonyl (C=O) groups excluding carboxylic acids is 2. The van der Waals surface area contributed by atoms with Crippen LogP contribution in [0.4, 0.5) is 5.69 Å². The van der Waals surface area contributed by atoms with Gasteiger partial charge in [-0.05, 0) is 36.4 Å². The van der Waals surface area contributed by atoms with Gasteiger partial charge in [0.2, 0.25) is 5.91 Å². The van der Waals surface area contributed by atoms with Crippen LogP contribution in [-0.4, -0.2) is 93.9 Å². The Bertz CT molecular complexity index is 978. The third kappa shape index (κ3) is 5.60. The summed E-state index contributed by atoms with van der Waals surface area (Å²) in [5.41, 5.74) is 7.12. The molecule has 2 aliphatic rings. The molecule has 182 valence electrons. The summed E-state index contributed by atoms with van der Waals surface area (Å²) >= 11 is 0. The second kappa shape index (κ2) is 11.2. The summed E-state index contributed by atoms with van der Waals surface area (Å²) in [7, 11) is 1.62. The average Bonchev–Trinajstić information content (AvgIpc) is 2.89. The van der Waals surface area contributed by atoms with Gasteiger partial charge in [0.1, 0.15) is 24.1 Å². The van der Waals surface area contributed by atoms with Crippen LogP contribution < -0.4 is 20.1 Å². The predicted molar refractivity (Wildman–Crippen MR) is 128 cm³/mol. The normalized spacial score (nSPS) is 19.0. The van der Waals surface area contributed by atoms with Crippen molar-refractivity contribution in [1.29, 1.82) is 0 Å². The third-order valence-corrected chi connectivity index (χ3v) is 6.29. The van der Waals surface area contributed by atoms with E-state index in [2.05, 4.69) is 9.80 Å². The fourth-order valence-corrected chi connectivity index (χ4v) is 4.33. The molecule has 2 saturated heterocycles. The smallest absolute Gasteiger partial charge is 0.258 e. The van der Waals surface area contributed by atoms with Crippen molar-refractivity contribution in [3.8, 4) is 11.5 Å². The van der Waals surface area contributed by atoms with Gasteiger partial charge < -0.3 is 29.7 Å². The quantitative estimate of drug-likeness (QED) is 0.622. The number of piperazine rings is 1. The summed E-state index contributed by atoms with van der Waals surface area (Å²) in [6, 6.07) is 14.0. The standard InChI is InChI=1S/C25H32N4O5/c1-32-20-8-6-19(7-9-20)28-10-11-29(22(18-28)24(26)30)25(31)21-4-2-3-5-23(21)34-17-14-27-12-15-33-16-13-27/h2-9,22H,10-18H2,1H3,(H2,26,30)/t22-/m0/s1. The summed E-state index contributed by atoms with van der Waals surface area (Å²) in [6.07, 6.45) is 0. The SMILES string of the molecule is COc1ccc(N2CCN(C(=O)c3ccccc3OCCN3CCOCC3)[C@H](C(N)=O)C2)cc1. The van der Waals surface area contributed by atoms with Gasteiger partial charge >= 0.3 is 0 Å². The number of hydrogen-bond donors (Lipinski definition) is 1. The fourth-order valence-electron chi connectivity index (χ4n) is 4.33. The van der Waals surface area contributed by atoms with Gasteiger partial charge in [0.15, 0.2) is 0 Å². The molecule has 9 nitrogen and oxygen atoms in total. The van der Waals surface area contributed by atoms with E-state index in [0.29, 0.717) is 37.6 Å². The maximum absolute atomic E-state index is 13.5. The lowest BCUT2D eigenvalue weighted by Crippen LogP contribution is -2.60. The van der Waals surface area contributed by atoms with E-state index in [-0.39, 0.29) is 5.91 Å². The number of amides is 2. The number of nitrogens with two attached hydrogens (primary N) is 1. The lowest BCUT2D eigenvalue weighted by Gasteiger charge is -2.41. The number of para-hydroxylation sites is 1. The Morgan fingerprint density at radius 1 is 1.03 bits per heavy atom. The van der Waals surface area contributed by atoms with Gasteiger partial charge in [0.05, 0.1) is 25.9 Å². The summed E-state index contributed by atoms with van der Waals surface area (Å²) in [4.78, 5) is 31.7. The molecule has 9 heteroatoms. The zero-order chi connectivity index (χ0) is 23.9. The van der Waals surface area contributed by atoms with E-state index in [4.69, 9.17) is 19.9 Å². The van der Waals surface area contributed by atoms with Crippen LogP contribution in [0.5, 0.6) is 11.5 Å². The summed E-state index contributed by atoms with van der Waals surface area (Å²) in [6.45, 7) is 5.73. The van der Waals surface area contributed by atoms with Gasteiger partial charge in [-0.3, -0.25) is 14.5 Å². The maximum Gasteiger partial charge on any atom is 0.258 e. The second-order valence-electron chi connectivity index (χ2n) is 8.36. The molecule has 0 unspecified atom stereocenters. The first-order valence-electron chi connectivity index (χ1n) is 11.6. The molecule has 1 atom stereocenters. The molecular weight excluding hydrogens is 436 g/mol. The molecule has 4 rings (SSSR count). The van der Waals surface area contributed by atoms with Crippen molar-refractivity contribution in [3.05, 3.63) is 54.1 Å². The van der Waals surface area contributed by atoms with Crippen LogP contribution in [-0.2, 0) is 9.53 Å². The van der Waals surface area contributed by atoms with Crippen molar-refractivity contribution in [2.24, 2.45) is 5.73 Å². The van der Waals surface area contributed by atoms with Crippen molar-refractivity contribution in [2.75, 3.05) is 71.1 Å². The van der Waals surface area contributed by atoms with E-state index in [1.54, 1.807) is 30.2 Å². The van der Waals surface area contributed by atoms with Gasteiger partial charge in [-0.1, -0.05) is 12.1 Å². The van der Waals surface area contributed by atoms with Crippen LogP contribution in [0.15, 0.2) is 48.5 Å². The van der Waals surface area contributed by atoms with Gasteiger partial charge in [-0.15, -0.1) is 0 Å². The van der Waals surface area contributed by atoms with Crippen LogP contribution in [0.1, 0.15) is 10.4 Å². The molecule has 0 aromatic heterocycles. The monoisotopic (exact) mass is 468 g/mol. The molecule has 2 aromatic rings. The number of hydrogen-bond acceptors (Lipinski definition) is 7. The Labute approximate surface area is 200 Å². The Kier molecular flexibility index (Phi) is 7.87. The van der Waals surface area contributed by atoms with Gasteiger partial charge in [-0.2, -0.15) is 0 Å². The zero-order valence-corrected chi connectivity index (χ0v) is 19.5. The van der Waals surface area contributed by atoms with Gasteiger partial charge in [0, 0.05) is 45.0 Å². The third-order valence-electron chi connectivity index (χ3n) is 6.29. The zero-order valence-electron chi connectivity index (χ0n) is 19.5. The lowest BCUT2D eigenvalue weighted by molar-refractivity contribution is -0.122. The van der Waals surface area contributed by atoms with Crippen molar-refractivity contribution < 1.29 is 23.8 Å². The minimum atomic E-state index is -0.746. The van der Waals surface area contributed by atoms with Crippen LogP contribution in [0, 0.1) is 0 Å². The first-order chi connectivity index (χ1) is 16.6. The number of rotatable bonds is 8. The minimum Gasteiger partial charge on any atom is -0.497 e. The highest BCUT2D eigenvalue weighted by Crippen LogP contribution is 2.26. The first-order valence-corrected chi connectivity index (χ1v) is 11.6. The largest absolute Gasteiger partial charge is 0.497 e. The molecule has 2 aromatic carbocycles. The molecule has 0 spiro atoms. The minimum absolute atomic E-state index is 0.250. The van der Waals surface area contributed by atoms with E-state index in [9.17, 15) is 9.59 Å². The maximum atomic E-state index is 13.5. The molecule has 0 aliphatic carbocycles. The van der Waals surface area contributed by atoms with E-state index in [1.807, 2.05) is 30.3 Å². The van der Waals surface area contributed by atoms with Crippen LogP contribution >= 0.6 is 0 Å². The molecule has 2 heterocycles.